The van der Waals surface area contributed by atoms with Gasteiger partial charge in [-0.3, -0.25) is 9.24 Å². The lowest BCUT2D eigenvalue weighted by Gasteiger charge is -2.29. The first-order chi connectivity index (χ1) is 14.3. The minimum Gasteiger partial charge on any atom is -0.465 e. The molecule has 0 aliphatic carbocycles. The maximum atomic E-state index is 13.4. The zero-order valence-corrected chi connectivity index (χ0v) is 20.6. The van der Waals surface area contributed by atoms with Crippen LogP contribution < -0.4 is 0 Å². The summed E-state index contributed by atoms with van der Waals surface area (Å²) in [6.07, 6.45) is 5.09. The molecule has 2 unspecified atom stereocenters. The van der Waals surface area contributed by atoms with E-state index in [2.05, 4.69) is 11.9 Å². The van der Waals surface area contributed by atoms with Crippen molar-refractivity contribution in [1.82, 2.24) is 4.67 Å². The van der Waals surface area contributed by atoms with E-state index in [4.69, 9.17) is 14.0 Å². The standard InChI is InChI=1S/C21H35N2O5PS/c1-7-9-10-11-16-28-21(23(4)29(25,27-6)30-17(3)8-2)22-19-14-12-18(13-15-19)20(24)26-5/h12-15,17H,7-11,16H2,1-6H3. The molecule has 2 atom stereocenters. The molecule has 7 nitrogen and oxygen atoms in total. The average Bonchev–Trinajstić information content (AvgIpc) is 2.77. The van der Waals surface area contributed by atoms with E-state index in [0.717, 1.165) is 32.1 Å². The van der Waals surface area contributed by atoms with Gasteiger partial charge in [0.1, 0.15) is 0 Å². The number of unbranched alkanes of at least 4 members (excludes halogenated alkanes) is 3. The van der Waals surface area contributed by atoms with Crippen LogP contribution in [0.4, 0.5) is 5.69 Å². The van der Waals surface area contributed by atoms with Crippen LogP contribution in [0.3, 0.4) is 0 Å². The molecule has 0 fully saturated rings. The highest BCUT2D eigenvalue weighted by atomic mass is 32.7. The molecule has 0 saturated heterocycles. The molecule has 0 aliphatic heterocycles. The van der Waals surface area contributed by atoms with E-state index in [1.165, 1.54) is 30.3 Å². The van der Waals surface area contributed by atoms with Crippen molar-refractivity contribution >= 4 is 35.8 Å². The van der Waals surface area contributed by atoms with Crippen molar-refractivity contribution in [3.8, 4) is 0 Å². The Kier molecular flexibility index (Phi) is 12.1. The first-order valence-electron chi connectivity index (χ1n) is 10.3. The van der Waals surface area contributed by atoms with E-state index >= 15 is 0 Å². The van der Waals surface area contributed by atoms with Crippen LogP contribution in [0.15, 0.2) is 29.3 Å². The maximum Gasteiger partial charge on any atom is 0.356 e. The molecule has 0 spiro atoms. The topological polar surface area (TPSA) is 77.4 Å². The summed E-state index contributed by atoms with van der Waals surface area (Å²) in [5.41, 5.74) is 1.01. The Morgan fingerprint density at radius 3 is 2.37 bits per heavy atom. The lowest BCUT2D eigenvalue weighted by molar-refractivity contribution is 0.0600. The Morgan fingerprint density at radius 1 is 1.17 bits per heavy atom. The fourth-order valence-electron chi connectivity index (χ4n) is 2.43. The number of carbonyl (C=O) groups excluding carboxylic acids is 1. The third-order valence-corrected chi connectivity index (χ3v) is 9.89. The average molecular weight is 459 g/mol. The molecule has 0 amide bonds. The molecule has 1 aromatic carbocycles. The predicted molar refractivity (Wildman–Crippen MR) is 125 cm³/mol. The molecule has 30 heavy (non-hydrogen) atoms. The lowest BCUT2D eigenvalue weighted by atomic mass is 10.2. The summed E-state index contributed by atoms with van der Waals surface area (Å²) in [4.78, 5) is 16.2. The van der Waals surface area contributed by atoms with Crippen molar-refractivity contribution in [3.63, 3.8) is 0 Å². The van der Waals surface area contributed by atoms with Crippen LogP contribution in [0, 0.1) is 0 Å². The van der Waals surface area contributed by atoms with Crippen LogP contribution in [0.2, 0.25) is 0 Å². The summed E-state index contributed by atoms with van der Waals surface area (Å²) in [6.45, 7) is 3.45. The van der Waals surface area contributed by atoms with Gasteiger partial charge in [0.15, 0.2) is 0 Å². The minimum absolute atomic E-state index is 0.156. The van der Waals surface area contributed by atoms with E-state index in [0.29, 0.717) is 17.9 Å². The first kappa shape index (κ1) is 26.5. The Labute approximate surface area is 184 Å². The molecule has 9 heteroatoms. The summed E-state index contributed by atoms with van der Waals surface area (Å²) < 4.78 is 31.0. The number of rotatable bonds is 12. The molecule has 1 rings (SSSR count). The van der Waals surface area contributed by atoms with Gasteiger partial charge in [0.2, 0.25) is 0 Å². The number of carbonyl (C=O) groups is 1. The van der Waals surface area contributed by atoms with Gasteiger partial charge in [0.05, 0.1) is 25.0 Å². The molecule has 1 aromatic rings. The zero-order chi connectivity index (χ0) is 22.6. The summed E-state index contributed by atoms with van der Waals surface area (Å²) in [5, 5.41) is 0.156. The van der Waals surface area contributed by atoms with E-state index in [1.807, 2.05) is 13.8 Å². The predicted octanol–water partition coefficient (Wildman–Crippen LogP) is 6.28. The minimum atomic E-state index is -3.23. The van der Waals surface area contributed by atoms with Gasteiger partial charge in [-0.05, 0) is 48.5 Å². The molecular formula is C21H35N2O5PS. The van der Waals surface area contributed by atoms with Crippen LogP contribution in [-0.2, 0) is 18.6 Å². The number of hydrogen-bond acceptors (Lipinski definition) is 7. The molecule has 0 aromatic heterocycles. The van der Waals surface area contributed by atoms with E-state index in [-0.39, 0.29) is 11.3 Å². The largest absolute Gasteiger partial charge is 0.465 e. The van der Waals surface area contributed by atoms with Gasteiger partial charge in [-0.15, -0.1) is 0 Å². The van der Waals surface area contributed by atoms with E-state index in [1.54, 1.807) is 31.3 Å². The molecule has 0 aliphatic rings. The van der Waals surface area contributed by atoms with Crippen molar-refractivity contribution in [2.75, 3.05) is 27.9 Å². The number of nitrogens with zero attached hydrogens (tertiary/aromatic N) is 2. The first-order valence-corrected chi connectivity index (χ1v) is 13.4. The molecule has 0 N–H and O–H groups in total. The van der Waals surface area contributed by atoms with Crippen LogP contribution in [-0.4, -0.2) is 49.8 Å². The quantitative estimate of drug-likeness (QED) is 0.120. The molecule has 0 heterocycles. The van der Waals surface area contributed by atoms with Crippen LogP contribution in [0.25, 0.3) is 0 Å². The number of aliphatic imine (C=N–C) groups is 1. The van der Waals surface area contributed by atoms with Crippen molar-refractivity contribution < 1.29 is 23.4 Å². The zero-order valence-electron chi connectivity index (χ0n) is 18.9. The van der Waals surface area contributed by atoms with Crippen molar-refractivity contribution in [2.24, 2.45) is 4.99 Å². The third kappa shape index (κ3) is 8.32. The number of methoxy groups -OCH3 is 1. The number of ether oxygens (including phenoxy) is 2. The smallest absolute Gasteiger partial charge is 0.356 e. The van der Waals surface area contributed by atoms with Crippen molar-refractivity contribution in [2.45, 2.75) is 58.1 Å². The highest BCUT2D eigenvalue weighted by Gasteiger charge is 2.34. The Bertz CT molecular complexity index is 727. The third-order valence-electron chi connectivity index (χ3n) is 4.51. The summed E-state index contributed by atoms with van der Waals surface area (Å²) in [7, 11) is 4.45. The SMILES string of the molecule is CCCCCCOC(=Nc1ccc(C(=O)OC)cc1)N(C)P(=O)(OC)SC(C)CC. The van der Waals surface area contributed by atoms with Gasteiger partial charge in [-0.2, -0.15) is 4.99 Å². The molecular weight excluding hydrogens is 423 g/mol. The summed E-state index contributed by atoms with van der Waals surface area (Å²) in [5.74, 6) is -0.413. The Hall–Kier alpha value is -1.50. The second kappa shape index (κ2) is 13.7. The Balaban J connectivity index is 3.12. The highest BCUT2D eigenvalue weighted by molar-refractivity contribution is 8.56. The van der Waals surface area contributed by atoms with Crippen molar-refractivity contribution in [1.29, 1.82) is 0 Å². The molecule has 0 radical (unpaired) electrons. The summed E-state index contributed by atoms with van der Waals surface area (Å²) in [6, 6.07) is 6.89. The van der Waals surface area contributed by atoms with Gasteiger partial charge in [0.25, 0.3) is 6.02 Å². The van der Waals surface area contributed by atoms with E-state index < -0.39 is 12.7 Å². The highest BCUT2D eigenvalue weighted by Crippen LogP contribution is 2.63. The van der Waals surface area contributed by atoms with Gasteiger partial charge in [-0.25, -0.2) is 4.79 Å². The van der Waals surface area contributed by atoms with Gasteiger partial charge in [0, 0.05) is 19.4 Å². The number of benzene rings is 1. The van der Waals surface area contributed by atoms with Crippen LogP contribution in [0.1, 0.15) is 63.2 Å². The van der Waals surface area contributed by atoms with Crippen molar-refractivity contribution in [3.05, 3.63) is 29.8 Å². The van der Waals surface area contributed by atoms with Gasteiger partial charge >= 0.3 is 12.7 Å². The van der Waals surface area contributed by atoms with E-state index in [9.17, 15) is 9.36 Å². The summed E-state index contributed by atoms with van der Waals surface area (Å²) >= 11 is 1.29. The van der Waals surface area contributed by atoms with Crippen LogP contribution >= 0.6 is 18.1 Å². The number of amidine groups is 1. The molecule has 0 bridgehead atoms. The fraction of sp³-hybridized carbons (Fsp3) is 0.619. The number of hydrogen-bond donors (Lipinski definition) is 0. The van der Waals surface area contributed by atoms with Gasteiger partial charge < -0.3 is 14.0 Å². The van der Waals surface area contributed by atoms with Crippen LogP contribution in [0.5, 0.6) is 0 Å². The maximum absolute atomic E-state index is 13.4. The molecule has 170 valence electrons. The second-order valence-corrected chi connectivity index (χ2v) is 11.8. The lowest BCUT2D eigenvalue weighted by Crippen LogP contribution is -2.27. The normalized spacial score (nSPS) is 14.7. The monoisotopic (exact) mass is 458 g/mol. The van der Waals surface area contributed by atoms with Gasteiger partial charge in [-0.1, -0.05) is 40.0 Å². The number of esters is 1. The molecule has 0 saturated carbocycles. The Morgan fingerprint density at radius 2 is 1.83 bits per heavy atom. The second-order valence-electron chi connectivity index (χ2n) is 6.84. The fourth-order valence-corrected chi connectivity index (χ4v) is 6.53.